The summed E-state index contributed by atoms with van der Waals surface area (Å²) >= 11 is 0. The van der Waals surface area contributed by atoms with Gasteiger partial charge in [0.1, 0.15) is 12.4 Å². The number of rotatable bonds is 4. The molecule has 0 spiro atoms. The number of carbonyl (C=O) groups is 1. The largest absolute Gasteiger partial charge is 0.508 e. The number of hydrogen-bond acceptors (Lipinski definition) is 4. The molecule has 1 heterocycles. The third-order valence-corrected chi connectivity index (χ3v) is 2.99. The van der Waals surface area contributed by atoms with Gasteiger partial charge in [-0.1, -0.05) is 12.1 Å². The van der Waals surface area contributed by atoms with Crippen LogP contribution in [0.15, 0.2) is 24.3 Å². The fraction of sp³-hybridized carbons (Fsp3) is 0.500. The number of aromatic hydroxyl groups is 1. The number of carbonyl (C=O) groups excluding carboxylic acids is 1. The normalized spacial score (nSPS) is 19.4. The van der Waals surface area contributed by atoms with Crippen molar-refractivity contribution in [2.45, 2.75) is 31.8 Å². The van der Waals surface area contributed by atoms with E-state index in [1.165, 1.54) is 0 Å². The van der Waals surface area contributed by atoms with E-state index in [1.54, 1.807) is 24.3 Å². The van der Waals surface area contributed by atoms with Crippen LogP contribution in [0.4, 0.5) is 0 Å². The molecule has 0 unspecified atom stereocenters. The maximum absolute atomic E-state index is 11.6. The molecule has 0 amide bonds. The van der Waals surface area contributed by atoms with Crippen molar-refractivity contribution in [2.75, 3.05) is 13.2 Å². The fourth-order valence-corrected chi connectivity index (χ4v) is 1.96. The topological polar surface area (TPSA) is 55.8 Å². The van der Waals surface area contributed by atoms with Crippen LogP contribution in [0, 0.1) is 0 Å². The predicted molar refractivity (Wildman–Crippen MR) is 66.4 cm³/mol. The summed E-state index contributed by atoms with van der Waals surface area (Å²) in [7, 11) is 0. The first-order chi connectivity index (χ1) is 8.74. The van der Waals surface area contributed by atoms with Crippen molar-refractivity contribution in [3.8, 4) is 5.75 Å². The predicted octanol–water partition coefficient (Wildman–Crippen LogP) is 2.05. The van der Waals surface area contributed by atoms with Crippen LogP contribution in [-0.4, -0.2) is 30.4 Å². The molecule has 1 saturated heterocycles. The SMILES string of the molecule is O=C(Cc1ccc(O)cc1)OC[C@H]1CCCCO1. The highest BCUT2D eigenvalue weighted by molar-refractivity contribution is 5.72. The van der Waals surface area contributed by atoms with Gasteiger partial charge in [0, 0.05) is 6.61 Å². The van der Waals surface area contributed by atoms with Crippen LogP contribution in [0.3, 0.4) is 0 Å². The summed E-state index contributed by atoms with van der Waals surface area (Å²) in [5.74, 6) is -0.0578. The third-order valence-electron chi connectivity index (χ3n) is 2.99. The van der Waals surface area contributed by atoms with Crippen LogP contribution in [0.1, 0.15) is 24.8 Å². The average molecular weight is 250 g/mol. The lowest BCUT2D eigenvalue weighted by Gasteiger charge is -2.22. The summed E-state index contributed by atoms with van der Waals surface area (Å²) in [6, 6.07) is 6.56. The molecule has 1 aliphatic rings. The molecule has 0 aromatic heterocycles. The summed E-state index contributed by atoms with van der Waals surface area (Å²) < 4.78 is 10.7. The van der Waals surface area contributed by atoms with Crippen molar-refractivity contribution < 1.29 is 19.4 Å². The Morgan fingerprint density at radius 3 is 2.78 bits per heavy atom. The molecule has 4 nitrogen and oxygen atoms in total. The van der Waals surface area contributed by atoms with Crippen LogP contribution in [0.5, 0.6) is 5.75 Å². The zero-order valence-corrected chi connectivity index (χ0v) is 10.3. The molecule has 1 aromatic carbocycles. The smallest absolute Gasteiger partial charge is 0.310 e. The third kappa shape index (κ3) is 4.04. The highest BCUT2D eigenvalue weighted by atomic mass is 16.6. The lowest BCUT2D eigenvalue weighted by atomic mass is 10.1. The number of phenols is 1. The second-order valence-electron chi connectivity index (χ2n) is 4.51. The Labute approximate surface area is 107 Å². The number of ether oxygens (including phenoxy) is 2. The molecule has 18 heavy (non-hydrogen) atoms. The van der Waals surface area contributed by atoms with Gasteiger partial charge in [-0.3, -0.25) is 4.79 Å². The molecule has 1 atom stereocenters. The number of phenolic OH excluding ortho intramolecular Hbond substituents is 1. The van der Waals surface area contributed by atoms with E-state index in [4.69, 9.17) is 14.6 Å². The van der Waals surface area contributed by atoms with E-state index in [0.29, 0.717) is 6.61 Å². The lowest BCUT2D eigenvalue weighted by Crippen LogP contribution is -2.26. The molecule has 0 saturated carbocycles. The van der Waals surface area contributed by atoms with E-state index in [0.717, 1.165) is 31.4 Å². The molecule has 1 N–H and O–H groups in total. The Bertz CT molecular complexity index is 379. The maximum atomic E-state index is 11.6. The van der Waals surface area contributed by atoms with Crippen molar-refractivity contribution in [1.29, 1.82) is 0 Å². The van der Waals surface area contributed by atoms with Crippen LogP contribution in [0.25, 0.3) is 0 Å². The van der Waals surface area contributed by atoms with E-state index in [9.17, 15) is 4.79 Å². The van der Waals surface area contributed by atoms with E-state index < -0.39 is 0 Å². The van der Waals surface area contributed by atoms with Crippen molar-refractivity contribution >= 4 is 5.97 Å². The molecule has 2 rings (SSSR count). The van der Waals surface area contributed by atoms with Gasteiger partial charge in [-0.05, 0) is 37.0 Å². The summed E-state index contributed by atoms with van der Waals surface area (Å²) in [5.41, 5.74) is 0.836. The average Bonchev–Trinajstić information content (AvgIpc) is 2.40. The number of esters is 1. The number of benzene rings is 1. The molecule has 1 aromatic rings. The standard InChI is InChI=1S/C14H18O4/c15-12-6-4-11(5-7-12)9-14(16)18-10-13-3-1-2-8-17-13/h4-7,13,15H,1-3,8-10H2/t13-/m1/s1. The quantitative estimate of drug-likeness (QED) is 0.831. The van der Waals surface area contributed by atoms with Gasteiger partial charge in [0.15, 0.2) is 0 Å². The molecule has 0 bridgehead atoms. The van der Waals surface area contributed by atoms with E-state index in [2.05, 4.69) is 0 Å². The first kappa shape index (κ1) is 12.9. The first-order valence-electron chi connectivity index (χ1n) is 6.29. The van der Waals surface area contributed by atoms with Crippen LogP contribution >= 0.6 is 0 Å². The highest BCUT2D eigenvalue weighted by Gasteiger charge is 2.16. The molecule has 0 radical (unpaired) electrons. The minimum absolute atomic E-state index is 0.0579. The van der Waals surface area contributed by atoms with Gasteiger partial charge in [-0.2, -0.15) is 0 Å². The van der Waals surface area contributed by atoms with Gasteiger partial charge in [0.25, 0.3) is 0 Å². The van der Waals surface area contributed by atoms with Crippen molar-refractivity contribution in [1.82, 2.24) is 0 Å². The monoisotopic (exact) mass is 250 g/mol. The Morgan fingerprint density at radius 1 is 1.33 bits per heavy atom. The molecule has 0 aliphatic carbocycles. The van der Waals surface area contributed by atoms with Gasteiger partial charge in [0.2, 0.25) is 0 Å². The highest BCUT2D eigenvalue weighted by Crippen LogP contribution is 2.14. The van der Waals surface area contributed by atoms with E-state index in [1.807, 2.05) is 0 Å². The number of hydrogen-bond donors (Lipinski definition) is 1. The molecular weight excluding hydrogens is 232 g/mol. The second-order valence-corrected chi connectivity index (χ2v) is 4.51. The zero-order chi connectivity index (χ0) is 12.8. The fourth-order valence-electron chi connectivity index (χ4n) is 1.96. The summed E-state index contributed by atoms with van der Waals surface area (Å²) in [5, 5.41) is 9.13. The maximum Gasteiger partial charge on any atom is 0.310 e. The molecule has 4 heteroatoms. The van der Waals surface area contributed by atoms with Gasteiger partial charge >= 0.3 is 5.97 Å². The lowest BCUT2D eigenvalue weighted by molar-refractivity contribution is -0.148. The Hall–Kier alpha value is -1.55. The van der Waals surface area contributed by atoms with Gasteiger partial charge < -0.3 is 14.6 Å². The first-order valence-corrected chi connectivity index (χ1v) is 6.29. The van der Waals surface area contributed by atoms with Crippen molar-refractivity contribution in [3.63, 3.8) is 0 Å². The Kier molecular flexibility index (Phi) is 4.59. The van der Waals surface area contributed by atoms with Crippen LogP contribution in [0.2, 0.25) is 0 Å². The van der Waals surface area contributed by atoms with Gasteiger partial charge in [-0.25, -0.2) is 0 Å². The van der Waals surface area contributed by atoms with Crippen molar-refractivity contribution in [2.24, 2.45) is 0 Å². The van der Waals surface area contributed by atoms with Crippen LogP contribution < -0.4 is 0 Å². The molecule has 98 valence electrons. The van der Waals surface area contributed by atoms with Crippen LogP contribution in [-0.2, 0) is 20.7 Å². The zero-order valence-electron chi connectivity index (χ0n) is 10.3. The molecule has 1 fully saturated rings. The summed E-state index contributed by atoms with van der Waals surface area (Å²) in [6.45, 7) is 1.11. The van der Waals surface area contributed by atoms with E-state index in [-0.39, 0.29) is 24.2 Å². The van der Waals surface area contributed by atoms with Crippen molar-refractivity contribution in [3.05, 3.63) is 29.8 Å². The minimum atomic E-state index is -0.255. The second kappa shape index (κ2) is 6.40. The van der Waals surface area contributed by atoms with Gasteiger partial charge in [-0.15, -0.1) is 0 Å². The van der Waals surface area contributed by atoms with E-state index >= 15 is 0 Å². The minimum Gasteiger partial charge on any atom is -0.508 e. The molecule has 1 aliphatic heterocycles. The summed E-state index contributed by atoms with van der Waals surface area (Å²) in [4.78, 5) is 11.6. The Balaban J connectivity index is 1.73. The van der Waals surface area contributed by atoms with Gasteiger partial charge in [0.05, 0.1) is 12.5 Å². The summed E-state index contributed by atoms with van der Waals surface area (Å²) in [6.07, 6.45) is 3.49. The molecular formula is C14H18O4. The Morgan fingerprint density at radius 2 is 2.11 bits per heavy atom.